The van der Waals surface area contributed by atoms with Crippen molar-refractivity contribution in [2.75, 3.05) is 5.73 Å². The van der Waals surface area contributed by atoms with Gasteiger partial charge < -0.3 is 5.73 Å². The first-order valence-corrected chi connectivity index (χ1v) is 5.00. The summed E-state index contributed by atoms with van der Waals surface area (Å²) in [5.41, 5.74) is 4.36. The molecule has 0 unspecified atom stereocenters. The molecule has 2 N–H and O–H groups in total. The van der Waals surface area contributed by atoms with Gasteiger partial charge >= 0.3 is 6.18 Å². The number of halogens is 4. The fourth-order valence-corrected chi connectivity index (χ4v) is 2.31. The van der Waals surface area contributed by atoms with Gasteiger partial charge in [-0.3, -0.25) is 0 Å². The van der Waals surface area contributed by atoms with E-state index in [4.69, 9.17) is 17.3 Å². The van der Waals surface area contributed by atoms with Gasteiger partial charge in [-0.05, 0) is 12.1 Å². The van der Waals surface area contributed by atoms with Crippen molar-refractivity contribution < 1.29 is 13.2 Å². The second-order valence-electron chi connectivity index (χ2n) is 2.85. The Bertz CT molecular complexity index is 520. The maximum absolute atomic E-state index is 12.6. The summed E-state index contributed by atoms with van der Waals surface area (Å²) >= 11 is 6.56. The van der Waals surface area contributed by atoms with Crippen LogP contribution in [0, 0.1) is 0 Å². The molecule has 7 heteroatoms. The topological polar surface area (TPSA) is 38.9 Å². The number of hydrogen-bond donors (Lipinski definition) is 1. The molecule has 0 atom stereocenters. The van der Waals surface area contributed by atoms with E-state index in [1.807, 2.05) is 0 Å². The maximum atomic E-state index is 12.6. The molecule has 0 spiro atoms. The van der Waals surface area contributed by atoms with Crippen molar-refractivity contribution in [1.82, 2.24) is 4.98 Å². The molecular formula is C8H4ClF3N2S. The van der Waals surface area contributed by atoms with Crippen LogP contribution in [-0.4, -0.2) is 4.98 Å². The van der Waals surface area contributed by atoms with Gasteiger partial charge in [-0.2, -0.15) is 13.2 Å². The van der Waals surface area contributed by atoms with E-state index in [-0.39, 0.29) is 15.7 Å². The van der Waals surface area contributed by atoms with Crippen LogP contribution in [0.15, 0.2) is 12.1 Å². The van der Waals surface area contributed by atoms with E-state index in [1.165, 1.54) is 6.07 Å². The van der Waals surface area contributed by atoms with Crippen LogP contribution in [0.2, 0.25) is 5.02 Å². The highest BCUT2D eigenvalue weighted by atomic mass is 35.5. The molecule has 0 amide bonds. The van der Waals surface area contributed by atoms with Gasteiger partial charge in [0.1, 0.15) is 0 Å². The number of hydrogen-bond acceptors (Lipinski definition) is 3. The number of nitrogen functional groups attached to an aromatic ring is 1. The van der Waals surface area contributed by atoms with Gasteiger partial charge in [-0.25, -0.2) is 4.98 Å². The third-order valence-electron chi connectivity index (χ3n) is 1.78. The molecule has 80 valence electrons. The Morgan fingerprint density at radius 2 is 2.00 bits per heavy atom. The molecule has 1 aromatic heterocycles. The minimum absolute atomic E-state index is 0.0264. The fourth-order valence-electron chi connectivity index (χ4n) is 1.23. The van der Waals surface area contributed by atoms with E-state index in [0.29, 0.717) is 4.70 Å². The molecule has 0 saturated heterocycles. The second kappa shape index (κ2) is 3.24. The highest BCUT2D eigenvalue weighted by Crippen LogP contribution is 2.38. The molecule has 0 aliphatic rings. The number of benzene rings is 1. The van der Waals surface area contributed by atoms with Gasteiger partial charge in [0.05, 0.1) is 15.8 Å². The Kier molecular flexibility index (Phi) is 2.27. The number of fused-ring (bicyclic) bond motifs is 1. The Balaban J connectivity index is 2.82. The first-order valence-electron chi connectivity index (χ1n) is 3.80. The summed E-state index contributed by atoms with van der Waals surface area (Å²) in [6, 6.07) is 2.27. The van der Waals surface area contributed by atoms with Crippen molar-refractivity contribution in [3.63, 3.8) is 0 Å². The molecule has 1 heterocycles. The SMILES string of the molecule is Nc1nc2c(C(F)(F)F)cc(Cl)cc2s1. The lowest BCUT2D eigenvalue weighted by atomic mass is 10.2. The lowest BCUT2D eigenvalue weighted by molar-refractivity contribution is -0.136. The van der Waals surface area contributed by atoms with Gasteiger partial charge in [0.2, 0.25) is 0 Å². The smallest absolute Gasteiger partial charge is 0.375 e. The first-order chi connectivity index (χ1) is 6.88. The van der Waals surface area contributed by atoms with Crippen molar-refractivity contribution in [3.8, 4) is 0 Å². The Labute approximate surface area is 91.5 Å². The van der Waals surface area contributed by atoms with Crippen LogP contribution in [0.5, 0.6) is 0 Å². The zero-order valence-corrected chi connectivity index (χ0v) is 8.67. The van der Waals surface area contributed by atoms with Crippen molar-refractivity contribution in [1.29, 1.82) is 0 Å². The average Bonchev–Trinajstić information content (AvgIpc) is 2.41. The summed E-state index contributed by atoms with van der Waals surface area (Å²) in [6.07, 6.45) is -4.47. The summed E-state index contributed by atoms with van der Waals surface area (Å²) in [5.74, 6) is 0. The van der Waals surface area contributed by atoms with Gasteiger partial charge in [0.25, 0.3) is 0 Å². The van der Waals surface area contributed by atoms with Crippen LogP contribution in [0.1, 0.15) is 5.56 Å². The summed E-state index contributed by atoms with van der Waals surface area (Å²) in [6.45, 7) is 0. The molecule has 15 heavy (non-hydrogen) atoms. The van der Waals surface area contributed by atoms with E-state index in [2.05, 4.69) is 4.98 Å². The molecule has 1 aromatic carbocycles. The van der Waals surface area contributed by atoms with Crippen LogP contribution in [-0.2, 0) is 6.18 Å². The molecule has 0 fully saturated rings. The molecule has 2 rings (SSSR count). The molecule has 2 nitrogen and oxygen atoms in total. The quantitative estimate of drug-likeness (QED) is 0.779. The summed E-state index contributed by atoms with van der Waals surface area (Å²) in [7, 11) is 0. The number of nitrogens with zero attached hydrogens (tertiary/aromatic N) is 1. The standard InChI is InChI=1S/C8H4ClF3N2S/c9-3-1-4(8(10,11)12)6-5(2-3)15-7(13)14-6/h1-2H,(H2,13,14). The van der Waals surface area contributed by atoms with Crippen molar-refractivity contribution >= 4 is 38.3 Å². The number of rotatable bonds is 0. The molecule has 0 saturated carbocycles. The Morgan fingerprint density at radius 3 is 2.60 bits per heavy atom. The average molecular weight is 253 g/mol. The summed E-state index contributed by atoms with van der Waals surface area (Å²) < 4.78 is 38.1. The highest BCUT2D eigenvalue weighted by Gasteiger charge is 2.34. The maximum Gasteiger partial charge on any atom is 0.418 e. The van der Waals surface area contributed by atoms with Crippen LogP contribution in [0.4, 0.5) is 18.3 Å². The monoisotopic (exact) mass is 252 g/mol. The van der Waals surface area contributed by atoms with Crippen LogP contribution in [0.3, 0.4) is 0 Å². The largest absolute Gasteiger partial charge is 0.418 e. The molecular weight excluding hydrogens is 249 g/mol. The lowest BCUT2D eigenvalue weighted by Gasteiger charge is -2.07. The number of aromatic nitrogens is 1. The summed E-state index contributed by atoms with van der Waals surface area (Å²) in [5, 5.41) is 0.122. The molecule has 0 radical (unpaired) electrons. The van der Waals surface area contributed by atoms with Gasteiger partial charge in [-0.1, -0.05) is 22.9 Å². The number of nitrogens with two attached hydrogens (primary N) is 1. The van der Waals surface area contributed by atoms with E-state index in [1.54, 1.807) is 0 Å². The fraction of sp³-hybridized carbons (Fsp3) is 0.125. The minimum Gasteiger partial charge on any atom is -0.375 e. The van der Waals surface area contributed by atoms with E-state index in [9.17, 15) is 13.2 Å². The molecule has 0 bridgehead atoms. The predicted octanol–water partition coefficient (Wildman–Crippen LogP) is 3.55. The zero-order chi connectivity index (χ0) is 11.2. The van der Waals surface area contributed by atoms with E-state index < -0.39 is 11.7 Å². The van der Waals surface area contributed by atoms with Crippen molar-refractivity contribution in [2.45, 2.75) is 6.18 Å². The van der Waals surface area contributed by atoms with Crippen molar-refractivity contribution in [2.24, 2.45) is 0 Å². The van der Waals surface area contributed by atoms with Gasteiger partial charge in [-0.15, -0.1) is 0 Å². The van der Waals surface area contributed by atoms with Crippen LogP contribution < -0.4 is 5.73 Å². The Morgan fingerprint density at radius 1 is 1.33 bits per heavy atom. The van der Waals surface area contributed by atoms with Crippen LogP contribution >= 0.6 is 22.9 Å². The highest BCUT2D eigenvalue weighted by molar-refractivity contribution is 7.22. The number of anilines is 1. The third kappa shape index (κ3) is 1.87. The van der Waals surface area contributed by atoms with Crippen molar-refractivity contribution in [3.05, 3.63) is 22.7 Å². The number of thiazole rings is 1. The predicted molar refractivity (Wildman–Crippen MR) is 54.0 cm³/mol. The van der Waals surface area contributed by atoms with Gasteiger partial charge in [0, 0.05) is 5.02 Å². The second-order valence-corrected chi connectivity index (χ2v) is 4.35. The zero-order valence-electron chi connectivity index (χ0n) is 7.10. The first kappa shape index (κ1) is 10.5. The number of alkyl halides is 3. The third-order valence-corrected chi connectivity index (χ3v) is 2.83. The summed E-state index contributed by atoms with van der Waals surface area (Å²) in [4.78, 5) is 3.64. The molecule has 0 aliphatic heterocycles. The lowest BCUT2D eigenvalue weighted by Crippen LogP contribution is -2.05. The van der Waals surface area contributed by atoms with Crippen LogP contribution in [0.25, 0.3) is 10.2 Å². The normalized spacial score (nSPS) is 12.3. The van der Waals surface area contributed by atoms with E-state index >= 15 is 0 Å². The minimum atomic E-state index is -4.47. The Hall–Kier alpha value is -1.01. The van der Waals surface area contributed by atoms with Gasteiger partial charge in [0.15, 0.2) is 5.13 Å². The molecule has 0 aliphatic carbocycles. The van der Waals surface area contributed by atoms with E-state index in [0.717, 1.165) is 17.4 Å². The molecule has 2 aromatic rings.